The van der Waals surface area contributed by atoms with Gasteiger partial charge in [-0.1, -0.05) is 29.3 Å². The summed E-state index contributed by atoms with van der Waals surface area (Å²) in [6, 6.07) is 16.7. The van der Waals surface area contributed by atoms with E-state index in [1.54, 1.807) is 6.21 Å². The van der Waals surface area contributed by atoms with E-state index in [1.807, 2.05) is 79.2 Å². The molecular formula is C20H19ClN4O. The Labute approximate surface area is 157 Å². The van der Waals surface area contributed by atoms with Gasteiger partial charge in [-0.2, -0.15) is 5.10 Å². The summed E-state index contributed by atoms with van der Waals surface area (Å²) in [4.78, 5) is 12.0. The number of anilines is 1. The molecule has 0 aliphatic carbocycles. The maximum atomic E-state index is 12.0. The lowest BCUT2D eigenvalue weighted by Crippen LogP contribution is -2.24. The van der Waals surface area contributed by atoms with Gasteiger partial charge in [-0.25, -0.2) is 10.2 Å². The highest BCUT2D eigenvalue weighted by atomic mass is 35.5. The number of urea groups is 1. The van der Waals surface area contributed by atoms with Crippen LogP contribution in [0.1, 0.15) is 16.8 Å². The van der Waals surface area contributed by atoms with Crippen LogP contribution in [-0.4, -0.2) is 16.8 Å². The van der Waals surface area contributed by atoms with Crippen LogP contribution >= 0.6 is 11.6 Å². The molecule has 3 aromatic rings. The van der Waals surface area contributed by atoms with E-state index in [2.05, 4.69) is 15.8 Å². The van der Waals surface area contributed by atoms with Crippen LogP contribution in [-0.2, 0) is 0 Å². The van der Waals surface area contributed by atoms with E-state index >= 15 is 0 Å². The van der Waals surface area contributed by atoms with Gasteiger partial charge >= 0.3 is 6.03 Å². The number of rotatable bonds is 4. The van der Waals surface area contributed by atoms with Gasteiger partial charge in [0.25, 0.3) is 0 Å². The number of aryl methyl sites for hydroxylation is 2. The third kappa shape index (κ3) is 4.32. The molecule has 1 aromatic heterocycles. The molecule has 0 atom stereocenters. The van der Waals surface area contributed by atoms with E-state index in [-0.39, 0.29) is 0 Å². The van der Waals surface area contributed by atoms with Gasteiger partial charge < -0.3 is 9.88 Å². The fourth-order valence-corrected chi connectivity index (χ4v) is 2.72. The highest BCUT2D eigenvalue weighted by molar-refractivity contribution is 6.30. The number of hydrogen-bond donors (Lipinski definition) is 2. The molecule has 5 nitrogen and oxygen atoms in total. The largest absolute Gasteiger partial charge is 0.339 e. The van der Waals surface area contributed by atoms with Crippen molar-refractivity contribution in [2.75, 3.05) is 5.32 Å². The zero-order valence-corrected chi connectivity index (χ0v) is 15.3. The number of nitrogens with one attached hydrogen (secondary N) is 2. The van der Waals surface area contributed by atoms with Gasteiger partial charge in [0.05, 0.1) is 11.9 Å². The molecule has 2 N–H and O–H groups in total. The van der Waals surface area contributed by atoms with Gasteiger partial charge in [0.1, 0.15) is 0 Å². The number of halogens is 1. The summed E-state index contributed by atoms with van der Waals surface area (Å²) in [6.45, 7) is 3.96. The Kier molecular flexibility index (Phi) is 5.39. The summed E-state index contributed by atoms with van der Waals surface area (Å²) in [5.74, 6) is 0. The van der Waals surface area contributed by atoms with Crippen molar-refractivity contribution in [2.45, 2.75) is 13.8 Å². The maximum absolute atomic E-state index is 12.0. The third-order valence-corrected chi connectivity index (χ3v) is 4.13. The Hall–Kier alpha value is -3.05. The van der Waals surface area contributed by atoms with Crippen molar-refractivity contribution in [3.63, 3.8) is 0 Å². The van der Waals surface area contributed by atoms with Gasteiger partial charge in [0, 0.05) is 22.6 Å². The van der Waals surface area contributed by atoms with Crippen molar-refractivity contribution in [1.82, 2.24) is 9.99 Å². The number of carbonyl (C=O) groups excluding carboxylic acids is 1. The molecule has 26 heavy (non-hydrogen) atoms. The molecule has 0 bridgehead atoms. The lowest BCUT2D eigenvalue weighted by molar-refractivity contribution is 0.252. The van der Waals surface area contributed by atoms with Crippen LogP contribution in [0.2, 0.25) is 5.02 Å². The van der Waals surface area contributed by atoms with Crippen molar-refractivity contribution >= 4 is 29.5 Å². The summed E-state index contributed by atoms with van der Waals surface area (Å²) in [6.07, 6.45) is 3.51. The molecule has 6 heteroatoms. The summed E-state index contributed by atoms with van der Waals surface area (Å²) >= 11 is 5.93. The average molecular weight is 367 g/mol. The summed E-state index contributed by atoms with van der Waals surface area (Å²) in [5, 5.41) is 7.49. The molecule has 0 unspecified atom stereocenters. The van der Waals surface area contributed by atoms with E-state index < -0.39 is 6.03 Å². The highest BCUT2D eigenvalue weighted by Crippen LogP contribution is 2.16. The smallest absolute Gasteiger partial charge is 0.316 e. The molecule has 0 saturated carbocycles. The van der Waals surface area contributed by atoms with Crippen LogP contribution in [0.4, 0.5) is 10.5 Å². The Morgan fingerprint density at radius 3 is 2.62 bits per heavy atom. The monoisotopic (exact) mass is 366 g/mol. The van der Waals surface area contributed by atoms with Gasteiger partial charge in [-0.3, -0.25) is 0 Å². The highest BCUT2D eigenvalue weighted by Gasteiger charge is 2.04. The van der Waals surface area contributed by atoms with Crippen LogP contribution in [0.25, 0.3) is 5.69 Å². The maximum Gasteiger partial charge on any atom is 0.339 e. The van der Waals surface area contributed by atoms with E-state index in [1.165, 1.54) is 0 Å². The minimum atomic E-state index is -0.391. The number of carbonyl (C=O) groups is 1. The second-order valence-corrected chi connectivity index (χ2v) is 6.36. The zero-order valence-electron chi connectivity index (χ0n) is 14.5. The Balaban J connectivity index is 1.65. The first-order valence-electron chi connectivity index (χ1n) is 8.13. The minimum absolute atomic E-state index is 0.391. The molecule has 0 fully saturated rings. The molecule has 2 aromatic carbocycles. The van der Waals surface area contributed by atoms with Gasteiger partial charge in [-0.15, -0.1) is 0 Å². The van der Waals surface area contributed by atoms with Gasteiger partial charge in [-0.05, 0) is 61.9 Å². The third-order valence-electron chi connectivity index (χ3n) is 3.88. The quantitative estimate of drug-likeness (QED) is 0.500. The molecule has 0 radical (unpaired) electrons. The number of benzene rings is 2. The fraction of sp³-hybridized carbons (Fsp3) is 0.100. The molecule has 3 rings (SSSR count). The van der Waals surface area contributed by atoms with Crippen LogP contribution in [0.15, 0.2) is 65.9 Å². The lowest BCUT2D eigenvalue weighted by atomic mass is 10.1. The molecule has 0 aliphatic heterocycles. The van der Waals surface area contributed by atoms with Crippen molar-refractivity contribution < 1.29 is 4.79 Å². The van der Waals surface area contributed by atoms with E-state index in [0.29, 0.717) is 5.02 Å². The lowest BCUT2D eigenvalue weighted by Gasteiger charge is -2.08. The van der Waals surface area contributed by atoms with Gasteiger partial charge in [0.2, 0.25) is 0 Å². The van der Waals surface area contributed by atoms with Gasteiger partial charge in [0.15, 0.2) is 0 Å². The second-order valence-electron chi connectivity index (χ2n) is 5.92. The Morgan fingerprint density at radius 2 is 1.88 bits per heavy atom. The SMILES string of the molecule is Cc1ccc(NC(=O)N/N=C/c2cccn2-c2ccc(Cl)cc2)c(C)c1. The topological polar surface area (TPSA) is 58.4 Å². The zero-order chi connectivity index (χ0) is 18.5. The minimum Gasteiger partial charge on any atom is -0.316 e. The van der Waals surface area contributed by atoms with E-state index in [9.17, 15) is 4.79 Å². The van der Waals surface area contributed by atoms with Crippen molar-refractivity contribution in [3.8, 4) is 5.69 Å². The first-order chi connectivity index (χ1) is 12.5. The first-order valence-corrected chi connectivity index (χ1v) is 8.51. The van der Waals surface area contributed by atoms with Crippen LogP contribution < -0.4 is 10.7 Å². The molecule has 0 saturated heterocycles. The molecular weight excluding hydrogens is 348 g/mol. The first kappa shape index (κ1) is 17.8. The molecule has 0 spiro atoms. The second kappa shape index (κ2) is 7.89. The van der Waals surface area contributed by atoms with Crippen molar-refractivity contribution in [2.24, 2.45) is 5.10 Å². The number of hydrazone groups is 1. The summed E-state index contributed by atoms with van der Waals surface area (Å²) < 4.78 is 1.95. The Morgan fingerprint density at radius 1 is 1.12 bits per heavy atom. The number of hydrogen-bond acceptors (Lipinski definition) is 2. The summed E-state index contributed by atoms with van der Waals surface area (Å²) in [7, 11) is 0. The summed E-state index contributed by atoms with van der Waals surface area (Å²) in [5.41, 5.74) is 7.18. The standard InChI is InChI=1S/C20H19ClN4O/c1-14-5-10-19(15(2)12-14)23-20(26)24-22-13-18-4-3-11-25(18)17-8-6-16(21)7-9-17/h3-13H,1-2H3,(H2,23,24,26)/b22-13+. The van der Waals surface area contributed by atoms with Crippen molar-refractivity contribution in [3.05, 3.63) is 82.6 Å². The number of amides is 2. The molecule has 1 heterocycles. The van der Waals surface area contributed by atoms with Crippen LogP contribution in [0, 0.1) is 13.8 Å². The fourth-order valence-electron chi connectivity index (χ4n) is 2.60. The van der Waals surface area contributed by atoms with E-state index in [0.717, 1.165) is 28.2 Å². The van der Waals surface area contributed by atoms with E-state index in [4.69, 9.17) is 11.6 Å². The number of aromatic nitrogens is 1. The molecule has 2 amide bonds. The molecule has 0 aliphatic rings. The number of nitrogens with zero attached hydrogens (tertiary/aromatic N) is 2. The van der Waals surface area contributed by atoms with Crippen LogP contribution in [0.5, 0.6) is 0 Å². The normalized spacial score (nSPS) is 10.9. The van der Waals surface area contributed by atoms with Crippen molar-refractivity contribution in [1.29, 1.82) is 0 Å². The predicted octanol–water partition coefficient (Wildman–Crippen LogP) is 4.90. The molecule has 132 valence electrons. The average Bonchev–Trinajstić information content (AvgIpc) is 3.06. The predicted molar refractivity (Wildman–Crippen MR) is 106 cm³/mol. The van der Waals surface area contributed by atoms with Crippen LogP contribution in [0.3, 0.4) is 0 Å². The Bertz CT molecular complexity index is 945.